The van der Waals surface area contributed by atoms with Gasteiger partial charge in [0, 0.05) is 22.9 Å². The molecular formula is C29H37N3O6. The van der Waals surface area contributed by atoms with Crippen LogP contribution in [0, 0.1) is 0 Å². The lowest BCUT2D eigenvalue weighted by Gasteiger charge is -2.23. The summed E-state index contributed by atoms with van der Waals surface area (Å²) in [5, 5.41) is 11.3. The second-order valence-electron chi connectivity index (χ2n) is 9.58. The van der Waals surface area contributed by atoms with Crippen LogP contribution in [0.3, 0.4) is 0 Å². The number of aliphatic hydroxyl groups excluding tert-OH is 1. The maximum absolute atomic E-state index is 13.3. The van der Waals surface area contributed by atoms with Crippen molar-refractivity contribution in [3.05, 3.63) is 56.9 Å². The quantitative estimate of drug-likeness (QED) is 0.377. The van der Waals surface area contributed by atoms with Gasteiger partial charge in [0.15, 0.2) is 6.10 Å². The number of carbonyl (C=O) groups is 2. The zero-order valence-electron chi connectivity index (χ0n) is 23.2. The van der Waals surface area contributed by atoms with Crippen LogP contribution in [-0.4, -0.2) is 32.2 Å². The van der Waals surface area contributed by atoms with Gasteiger partial charge in [0.1, 0.15) is 12.2 Å². The Kier molecular flexibility index (Phi) is 8.61. The van der Waals surface area contributed by atoms with E-state index in [9.17, 15) is 19.5 Å². The van der Waals surface area contributed by atoms with Gasteiger partial charge >= 0.3 is 11.9 Å². The molecule has 0 aliphatic carbocycles. The Hall–Kier alpha value is -3.72. The minimum atomic E-state index is -1.63. The molecule has 0 radical (unpaired) electrons. The van der Waals surface area contributed by atoms with E-state index < -0.39 is 17.7 Å². The number of aliphatic hydroxyl groups is 1. The number of nitrogen functional groups attached to an aromatic ring is 1. The fourth-order valence-electron chi connectivity index (χ4n) is 4.76. The number of aromatic nitrogens is 2. The molecule has 9 nitrogen and oxygen atoms in total. The number of benzene rings is 1. The van der Waals surface area contributed by atoms with Gasteiger partial charge in [-0.15, -0.1) is 0 Å². The summed E-state index contributed by atoms with van der Waals surface area (Å²) >= 11 is 0. The summed E-state index contributed by atoms with van der Waals surface area (Å²) in [5.41, 5.74) is 9.12. The zero-order chi connectivity index (χ0) is 28.4. The maximum Gasteiger partial charge on any atom is 0.340 e. The Morgan fingerprint density at radius 3 is 2.47 bits per heavy atom. The first-order valence-electron chi connectivity index (χ1n) is 13.1. The molecule has 2 aliphatic heterocycles. The van der Waals surface area contributed by atoms with Gasteiger partial charge in [-0.25, -0.2) is 9.78 Å². The predicted molar refractivity (Wildman–Crippen MR) is 147 cm³/mol. The topological polar surface area (TPSA) is 134 Å². The predicted octanol–water partition coefficient (Wildman–Crippen LogP) is 4.42. The molecule has 1 aromatic carbocycles. The van der Waals surface area contributed by atoms with Gasteiger partial charge in [0.25, 0.3) is 5.56 Å². The number of cyclic esters (lactones) is 1. The highest BCUT2D eigenvalue weighted by atomic mass is 16.6. The summed E-state index contributed by atoms with van der Waals surface area (Å²) in [5.74, 6) is -1.16. The lowest BCUT2D eigenvalue weighted by atomic mass is 9.95. The number of rotatable bonds is 3. The highest BCUT2D eigenvalue weighted by molar-refractivity contribution is 5.92. The van der Waals surface area contributed by atoms with E-state index in [1.54, 1.807) is 0 Å². The summed E-state index contributed by atoms with van der Waals surface area (Å²) in [7, 11) is 0. The molecule has 9 heteroatoms. The van der Waals surface area contributed by atoms with Crippen molar-refractivity contribution in [2.45, 2.75) is 86.2 Å². The molecule has 1 atom stereocenters. The number of para-hydroxylation sites is 1. The molecule has 2 aliphatic rings. The first-order chi connectivity index (χ1) is 18.1. The van der Waals surface area contributed by atoms with Crippen molar-refractivity contribution < 1.29 is 24.2 Å². The summed E-state index contributed by atoms with van der Waals surface area (Å²) < 4.78 is 11.9. The van der Waals surface area contributed by atoms with E-state index in [1.807, 2.05) is 72.7 Å². The molecule has 0 saturated heterocycles. The van der Waals surface area contributed by atoms with Crippen molar-refractivity contribution in [1.82, 2.24) is 9.55 Å². The smallest absolute Gasteiger partial charge is 0.340 e. The van der Waals surface area contributed by atoms with Crippen LogP contribution in [0.5, 0.6) is 0 Å². The number of hydrogen-bond donors (Lipinski definition) is 2. The number of anilines is 1. The molecule has 38 heavy (non-hydrogen) atoms. The van der Waals surface area contributed by atoms with Crippen LogP contribution in [0.1, 0.15) is 83.2 Å². The van der Waals surface area contributed by atoms with Crippen molar-refractivity contribution in [1.29, 1.82) is 0 Å². The van der Waals surface area contributed by atoms with Crippen molar-refractivity contribution in [2.75, 3.05) is 5.73 Å². The molecule has 0 spiro atoms. The number of nitrogens with two attached hydrogens (primary N) is 1. The molecule has 4 heterocycles. The summed E-state index contributed by atoms with van der Waals surface area (Å²) in [6.45, 7) is 13.4. The number of aryl methyl sites for hydroxylation is 1. The van der Waals surface area contributed by atoms with E-state index in [2.05, 4.69) is 0 Å². The number of fused-ring (bicyclic) bond motifs is 5. The van der Waals surface area contributed by atoms with Gasteiger partial charge in [-0.05, 0) is 38.8 Å². The monoisotopic (exact) mass is 523 g/mol. The van der Waals surface area contributed by atoms with Gasteiger partial charge in [-0.3, -0.25) is 9.59 Å². The lowest BCUT2D eigenvalue weighted by Crippen LogP contribution is -2.33. The van der Waals surface area contributed by atoms with E-state index in [0.29, 0.717) is 23.3 Å². The summed E-state index contributed by atoms with van der Waals surface area (Å²) in [6.07, 6.45) is -1.07. The normalized spacial score (nSPS) is 15.2. The summed E-state index contributed by atoms with van der Waals surface area (Å²) in [4.78, 5) is 42.5. The second kappa shape index (κ2) is 11.3. The van der Waals surface area contributed by atoms with E-state index in [0.717, 1.165) is 16.5 Å². The zero-order valence-corrected chi connectivity index (χ0v) is 23.2. The van der Waals surface area contributed by atoms with Crippen molar-refractivity contribution >= 4 is 28.5 Å². The standard InChI is InChI=1S/C25H25N3O6.2C2H6/c1-25(2,3)34-17(29)9-8-12-13-6-4-5-7-16(13)27-20-14(12)10-28-21(20)19(26)18-15(23(28)31)11-33-24(32)22(18)30;2*1-2/h4-7,22,30H,8-11,26H2,1-3H3;2*1-2H3. The van der Waals surface area contributed by atoms with Crippen LogP contribution in [0.15, 0.2) is 29.1 Å². The van der Waals surface area contributed by atoms with Gasteiger partial charge < -0.3 is 24.9 Å². The molecule has 0 fully saturated rings. The molecular weight excluding hydrogens is 486 g/mol. The number of hydrogen-bond acceptors (Lipinski definition) is 8. The lowest BCUT2D eigenvalue weighted by molar-refractivity contribution is -0.157. The van der Waals surface area contributed by atoms with Crippen LogP contribution < -0.4 is 11.3 Å². The number of carbonyl (C=O) groups excluding carboxylic acids is 2. The molecule has 3 N–H and O–H groups in total. The summed E-state index contributed by atoms with van der Waals surface area (Å²) in [6, 6.07) is 7.54. The first kappa shape index (κ1) is 28.8. The van der Waals surface area contributed by atoms with Gasteiger partial charge in [0.2, 0.25) is 0 Å². The highest BCUT2D eigenvalue weighted by Crippen LogP contribution is 2.42. The molecule has 2 aromatic heterocycles. The van der Waals surface area contributed by atoms with E-state index in [-0.39, 0.29) is 47.9 Å². The highest BCUT2D eigenvalue weighted by Gasteiger charge is 2.37. The van der Waals surface area contributed by atoms with E-state index in [4.69, 9.17) is 20.2 Å². The van der Waals surface area contributed by atoms with Crippen LogP contribution in [0.4, 0.5) is 5.69 Å². The Morgan fingerprint density at radius 1 is 1.16 bits per heavy atom. The Bertz CT molecular complexity index is 1440. The second-order valence-corrected chi connectivity index (χ2v) is 9.58. The van der Waals surface area contributed by atoms with Crippen LogP contribution in [0.2, 0.25) is 0 Å². The maximum atomic E-state index is 13.3. The molecule has 204 valence electrons. The third-order valence-electron chi connectivity index (χ3n) is 6.15. The molecule has 1 unspecified atom stereocenters. The first-order valence-corrected chi connectivity index (χ1v) is 13.1. The fraction of sp³-hybridized carbons (Fsp3) is 0.448. The van der Waals surface area contributed by atoms with Crippen LogP contribution in [0.25, 0.3) is 22.3 Å². The molecule has 0 saturated carbocycles. The largest absolute Gasteiger partial charge is 0.460 e. The Morgan fingerprint density at radius 2 is 1.82 bits per heavy atom. The average Bonchev–Trinajstić information content (AvgIpc) is 3.28. The molecule has 3 aromatic rings. The van der Waals surface area contributed by atoms with E-state index in [1.165, 1.54) is 4.57 Å². The van der Waals surface area contributed by atoms with Crippen molar-refractivity contribution in [3.8, 4) is 11.4 Å². The average molecular weight is 524 g/mol. The Balaban J connectivity index is 0.000000956. The fourth-order valence-corrected chi connectivity index (χ4v) is 4.76. The SMILES string of the molecule is CC.CC.CC(C)(C)OC(=O)CCc1c2c(nc3ccccc13)-c1c(N)c3c(c(=O)n1C2)COC(=O)C3O. The third kappa shape index (κ3) is 5.15. The van der Waals surface area contributed by atoms with Gasteiger partial charge in [-0.1, -0.05) is 45.9 Å². The number of nitrogens with zero attached hydrogens (tertiary/aromatic N) is 2. The third-order valence-corrected chi connectivity index (χ3v) is 6.15. The van der Waals surface area contributed by atoms with Crippen LogP contribution in [-0.2, 0) is 38.6 Å². The number of esters is 2. The van der Waals surface area contributed by atoms with Crippen LogP contribution >= 0.6 is 0 Å². The van der Waals surface area contributed by atoms with E-state index >= 15 is 0 Å². The number of ether oxygens (including phenoxy) is 2. The minimum absolute atomic E-state index is 0.0885. The minimum Gasteiger partial charge on any atom is -0.460 e. The Labute approximate surface area is 222 Å². The van der Waals surface area contributed by atoms with Gasteiger partial charge in [0.05, 0.1) is 34.7 Å². The number of pyridine rings is 2. The molecule has 0 bridgehead atoms. The molecule has 0 amide bonds. The van der Waals surface area contributed by atoms with Crippen molar-refractivity contribution in [2.24, 2.45) is 0 Å². The van der Waals surface area contributed by atoms with Crippen molar-refractivity contribution in [3.63, 3.8) is 0 Å². The van der Waals surface area contributed by atoms with Gasteiger partial charge in [-0.2, -0.15) is 0 Å². The molecule has 5 rings (SSSR count).